The largest absolute Gasteiger partial charge is 0.453 e. The van der Waals surface area contributed by atoms with Crippen LogP contribution in [-0.2, 0) is 11.3 Å². The topological polar surface area (TPSA) is 103 Å². The summed E-state index contributed by atoms with van der Waals surface area (Å²) in [6.45, 7) is 3.86. The number of nitrogens with zero attached hydrogens (tertiary/aromatic N) is 3. The number of rotatable bonds is 5. The summed E-state index contributed by atoms with van der Waals surface area (Å²) in [5.74, 6) is 0.228. The van der Waals surface area contributed by atoms with Crippen molar-refractivity contribution in [2.75, 3.05) is 11.1 Å². The Kier molecular flexibility index (Phi) is 4.90. The maximum Gasteiger partial charge on any atom is 0.348 e. The molecule has 0 bridgehead atoms. The van der Waals surface area contributed by atoms with E-state index >= 15 is 0 Å². The van der Waals surface area contributed by atoms with Crippen molar-refractivity contribution in [3.63, 3.8) is 0 Å². The van der Waals surface area contributed by atoms with E-state index in [9.17, 15) is 4.79 Å². The summed E-state index contributed by atoms with van der Waals surface area (Å²) in [5, 5.41) is 3.05. The molecule has 3 aromatic rings. The van der Waals surface area contributed by atoms with Gasteiger partial charge in [0.25, 0.3) is 0 Å². The van der Waals surface area contributed by atoms with Crippen LogP contribution in [0.2, 0.25) is 0 Å². The first-order valence-corrected chi connectivity index (χ1v) is 8.39. The summed E-state index contributed by atoms with van der Waals surface area (Å²) in [6.07, 6.45) is 0. The third-order valence-electron chi connectivity index (χ3n) is 3.28. The number of benzene rings is 1. The van der Waals surface area contributed by atoms with Gasteiger partial charge in [0.15, 0.2) is 12.4 Å². The maximum atomic E-state index is 12.0. The number of thiophene rings is 1. The van der Waals surface area contributed by atoms with E-state index in [4.69, 9.17) is 10.5 Å². The second-order valence-corrected chi connectivity index (χ2v) is 6.70. The minimum atomic E-state index is -0.412. The fourth-order valence-corrected chi connectivity index (χ4v) is 2.83. The van der Waals surface area contributed by atoms with Crippen molar-refractivity contribution >= 4 is 34.9 Å². The second kappa shape index (κ2) is 7.27. The van der Waals surface area contributed by atoms with Crippen LogP contribution in [0.1, 0.15) is 25.9 Å². The van der Waals surface area contributed by atoms with E-state index in [-0.39, 0.29) is 18.4 Å². The lowest BCUT2D eigenvalue weighted by atomic mass is 10.2. The van der Waals surface area contributed by atoms with Crippen LogP contribution < -0.4 is 11.1 Å². The van der Waals surface area contributed by atoms with Gasteiger partial charge in [-0.3, -0.25) is 0 Å². The van der Waals surface area contributed by atoms with Gasteiger partial charge in [0, 0.05) is 10.6 Å². The van der Waals surface area contributed by atoms with Crippen LogP contribution in [0.3, 0.4) is 0 Å². The van der Waals surface area contributed by atoms with E-state index < -0.39 is 5.97 Å². The van der Waals surface area contributed by atoms with Crippen LogP contribution >= 0.6 is 11.3 Å². The molecule has 0 aliphatic heterocycles. The summed E-state index contributed by atoms with van der Waals surface area (Å²) in [7, 11) is 0. The molecule has 0 aliphatic rings. The highest BCUT2D eigenvalue weighted by Crippen LogP contribution is 2.17. The van der Waals surface area contributed by atoms with Gasteiger partial charge in [-0.2, -0.15) is 15.0 Å². The van der Waals surface area contributed by atoms with Crippen LogP contribution in [0, 0.1) is 13.8 Å². The number of nitrogens with one attached hydrogen (secondary N) is 1. The fourth-order valence-electron chi connectivity index (χ4n) is 2.07. The summed E-state index contributed by atoms with van der Waals surface area (Å²) in [6, 6.07) is 11.4. The number of esters is 1. The lowest BCUT2D eigenvalue weighted by molar-refractivity contribution is 0.0468. The first-order valence-electron chi connectivity index (χ1n) is 7.57. The molecule has 0 aliphatic carbocycles. The van der Waals surface area contributed by atoms with Gasteiger partial charge >= 0.3 is 5.97 Å². The Morgan fingerprint density at radius 3 is 2.56 bits per heavy atom. The highest BCUT2D eigenvalue weighted by molar-refractivity contribution is 7.13. The minimum absolute atomic E-state index is 0.0580. The number of carbonyl (C=O) groups is 1. The Balaban J connectivity index is 1.68. The minimum Gasteiger partial charge on any atom is -0.453 e. The predicted molar refractivity (Wildman–Crippen MR) is 96.9 cm³/mol. The lowest BCUT2D eigenvalue weighted by Gasteiger charge is -2.08. The molecule has 3 rings (SSSR count). The summed E-state index contributed by atoms with van der Waals surface area (Å²) in [4.78, 5) is 25.9. The second-order valence-electron chi connectivity index (χ2n) is 5.41. The van der Waals surface area contributed by atoms with E-state index in [0.717, 1.165) is 16.1 Å². The van der Waals surface area contributed by atoms with E-state index in [2.05, 4.69) is 20.3 Å². The van der Waals surface area contributed by atoms with Crippen LogP contribution in [0.25, 0.3) is 0 Å². The molecular weight excluding hydrogens is 338 g/mol. The molecule has 0 radical (unpaired) electrons. The van der Waals surface area contributed by atoms with Crippen LogP contribution in [-0.4, -0.2) is 20.9 Å². The van der Waals surface area contributed by atoms with Gasteiger partial charge in [-0.15, -0.1) is 11.3 Å². The molecule has 0 spiro atoms. The van der Waals surface area contributed by atoms with Crippen molar-refractivity contribution in [1.82, 2.24) is 15.0 Å². The quantitative estimate of drug-likeness (QED) is 0.677. The molecule has 0 atom stereocenters. The van der Waals surface area contributed by atoms with Gasteiger partial charge in [0.1, 0.15) is 4.88 Å². The number of nitrogens with two attached hydrogens (primary N) is 1. The number of anilines is 3. The summed E-state index contributed by atoms with van der Waals surface area (Å²) < 4.78 is 5.24. The standard InChI is InChI=1S/C17H17N5O2S/c1-10-3-6-12(7-4-10)19-17-21-14(20-16(18)22-17)9-24-15(23)13-8-5-11(2)25-13/h3-8H,9H2,1-2H3,(H3,18,19,20,21,22). The fraction of sp³-hybridized carbons (Fsp3) is 0.176. The third-order valence-corrected chi connectivity index (χ3v) is 4.26. The van der Waals surface area contributed by atoms with Crippen molar-refractivity contribution < 1.29 is 9.53 Å². The number of nitrogen functional groups attached to an aromatic ring is 1. The van der Waals surface area contributed by atoms with Crippen LogP contribution in [0.15, 0.2) is 36.4 Å². The molecule has 3 N–H and O–H groups in total. The van der Waals surface area contributed by atoms with Gasteiger partial charge in [-0.05, 0) is 38.1 Å². The van der Waals surface area contributed by atoms with Crippen molar-refractivity contribution in [2.24, 2.45) is 0 Å². The van der Waals surface area contributed by atoms with Crippen molar-refractivity contribution in [3.05, 3.63) is 57.5 Å². The Labute approximate surface area is 148 Å². The average molecular weight is 355 g/mol. The van der Waals surface area contributed by atoms with Gasteiger partial charge in [-0.1, -0.05) is 17.7 Å². The monoisotopic (exact) mass is 355 g/mol. The molecule has 8 heteroatoms. The SMILES string of the molecule is Cc1ccc(Nc2nc(N)nc(COC(=O)c3ccc(C)s3)n2)cc1. The zero-order valence-corrected chi connectivity index (χ0v) is 14.6. The first-order chi connectivity index (χ1) is 12.0. The first kappa shape index (κ1) is 16.8. The molecule has 2 heterocycles. The van der Waals surface area contributed by atoms with Crippen molar-refractivity contribution in [3.8, 4) is 0 Å². The highest BCUT2D eigenvalue weighted by atomic mass is 32.1. The molecule has 0 fully saturated rings. The molecular formula is C17H17N5O2S. The number of hydrogen-bond donors (Lipinski definition) is 2. The van der Waals surface area contributed by atoms with Gasteiger partial charge in [-0.25, -0.2) is 4.79 Å². The van der Waals surface area contributed by atoms with E-state index in [1.165, 1.54) is 11.3 Å². The maximum absolute atomic E-state index is 12.0. The number of aryl methyl sites for hydroxylation is 2. The summed E-state index contributed by atoms with van der Waals surface area (Å²) >= 11 is 1.38. The predicted octanol–water partition coefficient (Wildman–Crippen LogP) is 3.23. The molecule has 2 aromatic heterocycles. The van der Waals surface area contributed by atoms with E-state index in [0.29, 0.717) is 10.8 Å². The van der Waals surface area contributed by atoms with Crippen molar-refractivity contribution in [1.29, 1.82) is 0 Å². The Hall–Kier alpha value is -3.00. The smallest absolute Gasteiger partial charge is 0.348 e. The number of aromatic nitrogens is 3. The normalized spacial score (nSPS) is 10.5. The third kappa shape index (κ3) is 4.51. The molecule has 0 saturated carbocycles. The molecule has 0 amide bonds. The molecule has 1 aromatic carbocycles. The molecule has 0 saturated heterocycles. The van der Waals surface area contributed by atoms with Crippen molar-refractivity contribution in [2.45, 2.75) is 20.5 Å². The van der Waals surface area contributed by atoms with E-state index in [1.54, 1.807) is 6.07 Å². The number of ether oxygens (including phenoxy) is 1. The molecule has 7 nitrogen and oxygen atoms in total. The van der Waals surface area contributed by atoms with Crippen LogP contribution in [0.4, 0.5) is 17.6 Å². The average Bonchev–Trinajstić information content (AvgIpc) is 3.01. The van der Waals surface area contributed by atoms with E-state index in [1.807, 2.05) is 44.2 Å². The molecule has 0 unspecified atom stereocenters. The Morgan fingerprint density at radius 1 is 1.12 bits per heavy atom. The van der Waals surface area contributed by atoms with Gasteiger partial charge in [0.05, 0.1) is 0 Å². The summed E-state index contributed by atoms with van der Waals surface area (Å²) in [5.41, 5.74) is 7.69. The zero-order valence-electron chi connectivity index (χ0n) is 13.8. The molecule has 25 heavy (non-hydrogen) atoms. The van der Waals surface area contributed by atoms with Crippen LogP contribution in [0.5, 0.6) is 0 Å². The Morgan fingerprint density at radius 2 is 1.88 bits per heavy atom. The number of carbonyl (C=O) groups excluding carboxylic acids is 1. The van der Waals surface area contributed by atoms with Gasteiger partial charge in [0.2, 0.25) is 11.9 Å². The lowest BCUT2D eigenvalue weighted by Crippen LogP contribution is -2.10. The number of hydrogen-bond acceptors (Lipinski definition) is 8. The Bertz CT molecular complexity index is 892. The highest BCUT2D eigenvalue weighted by Gasteiger charge is 2.12. The zero-order chi connectivity index (χ0) is 17.8. The van der Waals surface area contributed by atoms with Gasteiger partial charge < -0.3 is 15.8 Å². The molecule has 128 valence electrons.